The fourth-order valence-corrected chi connectivity index (χ4v) is 2.91. The highest BCUT2D eigenvalue weighted by Gasteiger charge is 2.41. The van der Waals surface area contributed by atoms with Crippen molar-refractivity contribution >= 4 is 0 Å². The maximum absolute atomic E-state index is 6.06. The molecular weight excluding hydrogens is 256 g/mol. The van der Waals surface area contributed by atoms with Gasteiger partial charge < -0.3 is 19.5 Å². The molecule has 2 saturated heterocycles. The molecule has 2 aliphatic rings. The van der Waals surface area contributed by atoms with E-state index in [0.29, 0.717) is 6.61 Å². The zero-order chi connectivity index (χ0) is 13.8. The van der Waals surface area contributed by atoms with Crippen LogP contribution in [0.3, 0.4) is 0 Å². The van der Waals surface area contributed by atoms with E-state index in [-0.39, 0.29) is 11.7 Å². The Morgan fingerprint density at radius 2 is 2.40 bits per heavy atom. The largest absolute Gasteiger partial charge is 0.489 e. The van der Waals surface area contributed by atoms with Gasteiger partial charge in [-0.2, -0.15) is 0 Å². The second-order valence-corrected chi connectivity index (χ2v) is 5.58. The third-order valence-corrected chi connectivity index (χ3v) is 3.97. The first kappa shape index (κ1) is 13.8. The molecule has 1 spiro atoms. The summed E-state index contributed by atoms with van der Waals surface area (Å²) in [5.41, 5.74) is 0.912. The van der Waals surface area contributed by atoms with Gasteiger partial charge in [-0.1, -0.05) is 0 Å². The van der Waals surface area contributed by atoms with E-state index in [2.05, 4.69) is 10.3 Å². The smallest absolute Gasteiger partial charge is 0.138 e. The molecule has 0 aromatic carbocycles. The van der Waals surface area contributed by atoms with Gasteiger partial charge in [0.1, 0.15) is 11.9 Å². The van der Waals surface area contributed by atoms with Crippen molar-refractivity contribution in [3.8, 4) is 5.75 Å². The molecule has 2 unspecified atom stereocenters. The highest BCUT2D eigenvalue weighted by atomic mass is 16.6. The minimum absolute atomic E-state index is 0.109. The van der Waals surface area contributed by atoms with Gasteiger partial charge in [0.2, 0.25) is 0 Å². The Balaban J connectivity index is 1.59. The third-order valence-electron chi connectivity index (χ3n) is 3.97. The van der Waals surface area contributed by atoms with Crippen LogP contribution in [0.5, 0.6) is 5.75 Å². The Hall–Kier alpha value is -1.17. The van der Waals surface area contributed by atoms with Gasteiger partial charge >= 0.3 is 0 Å². The second kappa shape index (κ2) is 6.08. The Bertz CT molecular complexity index is 429. The first-order valence-corrected chi connectivity index (χ1v) is 7.28. The van der Waals surface area contributed by atoms with Gasteiger partial charge in [-0.25, -0.2) is 0 Å². The summed E-state index contributed by atoms with van der Waals surface area (Å²) >= 11 is 0. The summed E-state index contributed by atoms with van der Waals surface area (Å²) in [5, 5.41) is 3.08. The standard InChI is InChI=1S/C15H22N2O3/c1-16-9-12-2-3-14(10-17-12)20-13-4-6-19-15(8-13)5-7-18-11-15/h2-3,10,13,16H,4-9,11H2,1H3. The molecule has 1 N–H and O–H groups in total. The van der Waals surface area contributed by atoms with Crippen LogP contribution in [0, 0.1) is 0 Å². The van der Waals surface area contributed by atoms with E-state index in [1.165, 1.54) is 0 Å². The van der Waals surface area contributed by atoms with Gasteiger partial charge in [0.25, 0.3) is 0 Å². The number of nitrogens with zero attached hydrogens (tertiary/aromatic N) is 1. The van der Waals surface area contributed by atoms with Gasteiger partial charge in [0.05, 0.1) is 30.7 Å². The van der Waals surface area contributed by atoms with Gasteiger partial charge in [-0.3, -0.25) is 4.98 Å². The van der Waals surface area contributed by atoms with Gasteiger partial charge in [0, 0.05) is 32.4 Å². The molecule has 5 heteroatoms. The lowest BCUT2D eigenvalue weighted by molar-refractivity contribution is -0.112. The lowest BCUT2D eigenvalue weighted by atomic mass is 9.91. The van der Waals surface area contributed by atoms with Crippen molar-refractivity contribution in [3.63, 3.8) is 0 Å². The summed E-state index contributed by atoms with van der Waals surface area (Å²) in [7, 11) is 1.91. The fraction of sp³-hybridized carbons (Fsp3) is 0.667. The molecule has 1 aromatic rings. The van der Waals surface area contributed by atoms with E-state index in [9.17, 15) is 0 Å². The molecule has 2 aliphatic heterocycles. The van der Waals surface area contributed by atoms with Crippen LogP contribution in [0.25, 0.3) is 0 Å². The van der Waals surface area contributed by atoms with E-state index in [1.54, 1.807) is 6.20 Å². The van der Waals surface area contributed by atoms with E-state index in [0.717, 1.165) is 50.5 Å². The molecule has 1 aromatic heterocycles. The van der Waals surface area contributed by atoms with Crippen molar-refractivity contribution in [3.05, 3.63) is 24.0 Å². The highest BCUT2D eigenvalue weighted by molar-refractivity contribution is 5.20. The molecule has 3 heterocycles. The van der Waals surface area contributed by atoms with Crippen LogP contribution < -0.4 is 10.1 Å². The van der Waals surface area contributed by atoms with Gasteiger partial charge in [0.15, 0.2) is 0 Å². The first-order valence-electron chi connectivity index (χ1n) is 7.28. The second-order valence-electron chi connectivity index (χ2n) is 5.58. The van der Waals surface area contributed by atoms with E-state index in [4.69, 9.17) is 14.2 Å². The maximum Gasteiger partial charge on any atom is 0.138 e. The summed E-state index contributed by atoms with van der Waals surface area (Å²) in [5.74, 6) is 0.839. The lowest BCUT2D eigenvalue weighted by Crippen LogP contribution is -2.44. The number of rotatable bonds is 4. The Morgan fingerprint density at radius 1 is 1.45 bits per heavy atom. The predicted octanol–water partition coefficient (Wildman–Crippen LogP) is 1.52. The molecule has 0 amide bonds. The van der Waals surface area contributed by atoms with Crippen LogP contribution >= 0.6 is 0 Å². The van der Waals surface area contributed by atoms with Crippen LogP contribution in [-0.4, -0.2) is 43.6 Å². The Kier molecular flexibility index (Phi) is 4.19. The molecule has 110 valence electrons. The number of nitrogens with one attached hydrogen (secondary N) is 1. The van der Waals surface area contributed by atoms with E-state index in [1.807, 2.05) is 19.2 Å². The number of ether oxygens (including phenoxy) is 3. The minimum atomic E-state index is -0.109. The molecule has 3 rings (SSSR count). The molecule has 2 atom stereocenters. The quantitative estimate of drug-likeness (QED) is 0.905. The number of aromatic nitrogens is 1. The zero-order valence-corrected chi connectivity index (χ0v) is 11.9. The van der Waals surface area contributed by atoms with Crippen LogP contribution in [0.15, 0.2) is 18.3 Å². The van der Waals surface area contributed by atoms with Crippen LogP contribution in [0.4, 0.5) is 0 Å². The topological polar surface area (TPSA) is 52.6 Å². The van der Waals surface area contributed by atoms with Crippen molar-refractivity contribution in [1.82, 2.24) is 10.3 Å². The van der Waals surface area contributed by atoms with Gasteiger partial charge in [-0.15, -0.1) is 0 Å². The molecule has 0 aliphatic carbocycles. The zero-order valence-electron chi connectivity index (χ0n) is 11.9. The maximum atomic E-state index is 6.06. The molecule has 0 saturated carbocycles. The number of pyridine rings is 1. The van der Waals surface area contributed by atoms with Gasteiger partial charge in [-0.05, 0) is 19.2 Å². The lowest BCUT2D eigenvalue weighted by Gasteiger charge is -2.36. The molecule has 0 bridgehead atoms. The van der Waals surface area contributed by atoms with Crippen molar-refractivity contribution < 1.29 is 14.2 Å². The highest BCUT2D eigenvalue weighted by Crippen LogP contribution is 2.34. The Morgan fingerprint density at radius 3 is 3.10 bits per heavy atom. The average molecular weight is 278 g/mol. The average Bonchev–Trinajstić information content (AvgIpc) is 2.89. The van der Waals surface area contributed by atoms with Crippen LogP contribution in [0.1, 0.15) is 25.0 Å². The minimum Gasteiger partial charge on any atom is -0.489 e. The Labute approximate surface area is 119 Å². The van der Waals surface area contributed by atoms with Crippen LogP contribution in [0.2, 0.25) is 0 Å². The fourth-order valence-electron chi connectivity index (χ4n) is 2.91. The summed E-state index contributed by atoms with van der Waals surface area (Å²) < 4.78 is 17.5. The summed E-state index contributed by atoms with van der Waals surface area (Å²) in [4.78, 5) is 4.38. The summed E-state index contributed by atoms with van der Waals surface area (Å²) in [6.45, 7) is 3.02. The van der Waals surface area contributed by atoms with Crippen molar-refractivity contribution in [1.29, 1.82) is 0 Å². The molecule has 2 fully saturated rings. The van der Waals surface area contributed by atoms with Crippen molar-refractivity contribution in [2.75, 3.05) is 26.9 Å². The molecular formula is C15H22N2O3. The number of hydrogen-bond donors (Lipinski definition) is 1. The van der Waals surface area contributed by atoms with Crippen LogP contribution in [-0.2, 0) is 16.0 Å². The van der Waals surface area contributed by atoms with E-state index < -0.39 is 0 Å². The molecule has 5 nitrogen and oxygen atoms in total. The number of hydrogen-bond acceptors (Lipinski definition) is 5. The van der Waals surface area contributed by atoms with Crippen molar-refractivity contribution in [2.45, 2.75) is 37.5 Å². The third kappa shape index (κ3) is 3.11. The summed E-state index contributed by atoms with van der Waals surface area (Å²) in [6.07, 6.45) is 4.82. The molecule has 20 heavy (non-hydrogen) atoms. The summed E-state index contributed by atoms with van der Waals surface area (Å²) in [6, 6.07) is 3.99. The normalized spacial score (nSPS) is 29.8. The molecule has 0 radical (unpaired) electrons. The van der Waals surface area contributed by atoms with Crippen molar-refractivity contribution in [2.24, 2.45) is 0 Å². The van der Waals surface area contributed by atoms with E-state index >= 15 is 0 Å². The predicted molar refractivity (Wildman–Crippen MR) is 74.8 cm³/mol. The monoisotopic (exact) mass is 278 g/mol. The SMILES string of the molecule is CNCc1ccc(OC2CCOC3(CCOC3)C2)cn1. The first-order chi connectivity index (χ1) is 9.80.